The monoisotopic (exact) mass is 258 g/mol. The van der Waals surface area contributed by atoms with Crippen LogP contribution in [0.1, 0.15) is 34.6 Å². The summed E-state index contributed by atoms with van der Waals surface area (Å²) >= 11 is 0. The minimum atomic E-state index is -1.19. The van der Waals surface area contributed by atoms with E-state index in [1.165, 1.54) is 6.92 Å². The maximum Gasteiger partial charge on any atom is 0.316 e. The summed E-state index contributed by atoms with van der Waals surface area (Å²) in [5, 5.41) is 14.0. The molecule has 0 aromatic carbocycles. The molecule has 0 aliphatic rings. The molecule has 0 fully saturated rings. The van der Waals surface area contributed by atoms with Crippen LogP contribution in [-0.2, 0) is 14.4 Å². The van der Waals surface area contributed by atoms with Crippen molar-refractivity contribution in [3.63, 3.8) is 0 Å². The molecule has 0 aromatic rings. The number of carbonyl (C=O) groups is 3. The van der Waals surface area contributed by atoms with Crippen LogP contribution in [0.5, 0.6) is 0 Å². The van der Waals surface area contributed by atoms with Crippen molar-refractivity contribution in [1.82, 2.24) is 10.6 Å². The number of carbonyl (C=O) groups excluding carboxylic acids is 2. The highest BCUT2D eigenvalue weighted by atomic mass is 16.4. The molecule has 6 heteroatoms. The fourth-order valence-corrected chi connectivity index (χ4v) is 1.57. The van der Waals surface area contributed by atoms with Crippen molar-refractivity contribution >= 4 is 17.8 Å². The number of hydrogen-bond acceptors (Lipinski definition) is 3. The predicted octanol–water partition coefficient (Wildman–Crippen LogP) is 0.374. The van der Waals surface area contributed by atoms with Crippen LogP contribution in [0, 0.1) is 11.3 Å². The molecule has 2 unspecified atom stereocenters. The third-order valence-electron chi connectivity index (χ3n) is 2.48. The third-order valence-corrected chi connectivity index (χ3v) is 2.48. The van der Waals surface area contributed by atoms with Crippen LogP contribution in [0.3, 0.4) is 0 Å². The van der Waals surface area contributed by atoms with Gasteiger partial charge in [0.05, 0.1) is 0 Å². The van der Waals surface area contributed by atoms with E-state index in [-0.39, 0.29) is 5.91 Å². The molecule has 0 rings (SSSR count). The topological polar surface area (TPSA) is 95.5 Å². The van der Waals surface area contributed by atoms with Crippen molar-refractivity contribution < 1.29 is 19.5 Å². The second-order valence-corrected chi connectivity index (χ2v) is 5.26. The van der Waals surface area contributed by atoms with Gasteiger partial charge < -0.3 is 15.7 Å². The molecule has 0 bridgehead atoms. The molecule has 0 aliphatic heterocycles. The third kappa shape index (κ3) is 4.73. The zero-order chi connectivity index (χ0) is 14.5. The highest BCUT2D eigenvalue weighted by Gasteiger charge is 2.38. The van der Waals surface area contributed by atoms with E-state index in [0.717, 1.165) is 0 Å². The van der Waals surface area contributed by atoms with Crippen LogP contribution in [-0.4, -0.2) is 35.5 Å². The fraction of sp³-hybridized carbons (Fsp3) is 0.750. The van der Waals surface area contributed by atoms with Crippen molar-refractivity contribution in [2.75, 3.05) is 6.54 Å². The summed E-state index contributed by atoms with van der Waals surface area (Å²) in [5.74, 6) is -3.35. The van der Waals surface area contributed by atoms with Gasteiger partial charge in [-0.25, -0.2) is 0 Å². The lowest BCUT2D eigenvalue weighted by Crippen LogP contribution is -2.50. The Morgan fingerprint density at radius 3 is 2.00 bits per heavy atom. The van der Waals surface area contributed by atoms with Crippen LogP contribution < -0.4 is 10.6 Å². The summed E-state index contributed by atoms with van der Waals surface area (Å²) < 4.78 is 0. The Hall–Kier alpha value is -1.59. The van der Waals surface area contributed by atoms with E-state index >= 15 is 0 Å². The van der Waals surface area contributed by atoms with Gasteiger partial charge in [0.25, 0.3) is 0 Å². The van der Waals surface area contributed by atoms with Crippen LogP contribution in [0.15, 0.2) is 0 Å². The summed E-state index contributed by atoms with van der Waals surface area (Å²) in [6, 6.07) is -0.748. The Balaban J connectivity index is 4.73. The molecule has 0 aromatic heterocycles. The summed E-state index contributed by atoms with van der Waals surface area (Å²) in [6.07, 6.45) is 0. The predicted molar refractivity (Wildman–Crippen MR) is 66.9 cm³/mol. The maximum atomic E-state index is 11.9. The van der Waals surface area contributed by atoms with Gasteiger partial charge in [0.15, 0.2) is 0 Å². The van der Waals surface area contributed by atoms with Crippen LogP contribution in [0.4, 0.5) is 0 Å². The average molecular weight is 258 g/mol. The number of carboxylic acids is 1. The first-order chi connectivity index (χ1) is 8.11. The van der Waals surface area contributed by atoms with E-state index in [9.17, 15) is 14.4 Å². The highest BCUT2D eigenvalue weighted by molar-refractivity contribution is 5.99. The second kappa shape index (κ2) is 6.37. The molecule has 104 valence electrons. The molecular formula is C12H22N2O4. The molecule has 18 heavy (non-hydrogen) atoms. The zero-order valence-electron chi connectivity index (χ0n) is 11.5. The summed E-state index contributed by atoms with van der Waals surface area (Å²) in [4.78, 5) is 34.4. The van der Waals surface area contributed by atoms with E-state index in [1.54, 1.807) is 27.7 Å². The first-order valence-corrected chi connectivity index (χ1v) is 5.92. The molecule has 2 atom stereocenters. The van der Waals surface area contributed by atoms with E-state index in [4.69, 9.17) is 5.11 Å². The Bertz CT molecular complexity index is 333. The molecule has 0 saturated carbocycles. The lowest BCUT2D eigenvalue weighted by atomic mass is 9.80. The molecular weight excluding hydrogens is 236 g/mol. The Morgan fingerprint density at radius 1 is 1.17 bits per heavy atom. The number of hydrogen-bond donors (Lipinski definition) is 3. The minimum absolute atomic E-state index is 0.330. The fourth-order valence-electron chi connectivity index (χ4n) is 1.57. The Labute approximate surface area is 107 Å². The lowest BCUT2D eigenvalue weighted by molar-refractivity contribution is -0.152. The van der Waals surface area contributed by atoms with Crippen LogP contribution >= 0.6 is 0 Å². The first-order valence-electron chi connectivity index (χ1n) is 5.92. The summed E-state index contributed by atoms with van der Waals surface area (Å²) in [6.45, 7) is 8.75. The van der Waals surface area contributed by atoms with Gasteiger partial charge in [-0.15, -0.1) is 0 Å². The highest BCUT2D eigenvalue weighted by Crippen LogP contribution is 2.26. The average Bonchev–Trinajstić information content (AvgIpc) is 2.14. The molecule has 2 amide bonds. The first kappa shape index (κ1) is 16.4. The number of amides is 2. The molecule has 6 nitrogen and oxygen atoms in total. The van der Waals surface area contributed by atoms with Gasteiger partial charge >= 0.3 is 5.97 Å². The van der Waals surface area contributed by atoms with E-state index < -0.39 is 29.3 Å². The number of likely N-dealkylation sites (N-methyl/N-ethyl adjacent to an activating group) is 1. The normalized spacial score (nSPS) is 14.5. The van der Waals surface area contributed by atoms with E-state index in [1.807, 2.05) is 0 Å². The number of rotatable bonds is 5. The standard InChI is InChI=1S/C12H22N2O4/c1-6-13-9(15)7(2)14-10(16)8(11(17)18)12(3,4)5/h7-8H,6H2,1-5H3,(H,13,15)(H,14,16)(H,17,18). The molecule has 0 spiro atoms. The summed E-state index contributed by atoms with van der Waals surface area (Å²) in [7, 11) is 0. The minimum Gasteiger partial charge on any atom is -0.481 e. The van der Waals surface area contributed by atoms with Gasteiger partial charge in [0.2, 0.25) is 11.8 Å². The summed E-state index contributed by atoms with van der Waals surface area (Å²) in [5.41, 5.74) is -0.711. The van der Waals surface area contributed by atoms with Crippen molar-refractivity contribution in [2.24, 2.45) is 11.3 Å². The quantitative estimate of drug-likeness (QED) is 0.621. The van der Waals surface area contributed by atoms with Crippen LogP contribution in [0.25, 0.3) is 0 Å². The van der Waals surface area contributed by atoms with Crippen molar-refractivity contribution in [1.29, 1.82) is 0 Å². The van der Waals surface area contributed by atoms with Crippen molar-refractivity contribution in [3.05, 3.63) is 0 Å². The van der Waals surface area contributed by atoms with Crippen molar-refractivity contribution in [2.45, 2.75) is 40.7 Å². The Morgan fingerprint density at radius 2 is 1.67 bits per heavy atom. The zero-order valence-corrected chi connectivity index (χ0v) is 11.5. The number of nitrogens with one attached hydrogen (secondary N) is 2. The number of aliphatic carboxylic acids is 1. The van der Waals surface area contributed by atoms with Crippen LogP contribution in [0.2, 0.25) is 0 Å². The van der Waals surface area contributed by atoms with Gasteiger partial charge in [-0.1, -0.05) is 20.8 Å². The van der Waals surface area contributed by atoms with E-state index in [0.29, 0.717) is 6.54 Å². The van der Waals surface area contributed by atoms with Gasteiger partial charge in [-0.05, 0) is 19.3 Å². The van der Waals surface area contributed by atoms with Gasteiger partial charge in [-0.2, -0.15) is 0 Å². The van der Waals surface area contributed by atoms with Crippen molar-refractivity contribution in [3.8, 4) is 0 Å². The van der Waals surface area contributed by atoms with Gasteiger partial charge in [0, 0.05) is 6.54 Å². The molecule has 0 heterocycles. The number of carboxylic acid groups (broad SMARTS) is 1. The largest absolute Gasteiger partial charge is 0.481 e. The van der Waals surface area contributed by atoms with Gasteiger partial charge in [0.1, 0.15) is 12.0 Å². The van der Waals surface area contributed by atoms with E-state index in [2.05, 4.69) is 10.6 Å². The van der Waals surface area contributed by atoms with Gasteiger partial charge in [-0.3, -0.25) is 14.4 Å². The smallest absolute Gasteiger partial charge is 0.316 e. The maximum absolute atomic E-state index is 11.9. The second-order valence-electron chi connectivity index (χ2n) is 5.26. The molecule has 0 aliphatic carbocycles. The molecule has 3 N–H and O–H groups in total. The Kier molecular flexibility index (Phi) is 5.81. The SMILES string of the molecule is CCNC(=O)C(C)NC(=O)C(C(=O)O)C(C)(C)C. The molecule has 0 radical (unpaired) electrons. The molecule has 0 saturated heterocycles. The lowest BCUT2D eigenvalue weighted by Gasteiger charge is -2.27.